The second-order valence-electron chi connectivity index (χ2n) is 6.72. The number of nitrogens with zero attached hydrogens (tertiary/aromatic N) is 3. The molecule has 0 spiro atoms. The fourth-order valence-electron chi connectivity index (χ4n) is 3.14. The van der Waals surface area contributed by atoms with Crippen LogP contribution in [-0.4, -0.2) is 33.9 Å². The second-order valence-corrected chi connectivity index (χ2v) is 8.20. The zero-order valence-electron chi connectivity index (χ0n) is 17.1. The van der Waals surface area contributed by atoms with Crippen LogP contribution in [0.5, 0.6) is 5.75 Å². The van der Waals surface area contributed by atoms with E-state index in [2.05, 4.69) is 4.98 Å². The van der Waals surface area contributed by atoms with Gasteiger partial charge >= 0.3 is 6.09 Å². The molecule has 0 bridgehead atoms. The molecule has 1 atom stereocenters. The Balaban J connectivity index is 1.65. The van der Waals surface area contributed by atoms with Crippen molar-refractivity contribution in [1.29, 1.82) is 0 Å². The van der Waals surface area contributed by atoms with Crippen molar-refractivity contribution in [3.63, 3.8) is 0 Å². The largest absolute Gasteiger partial charge is 0.497 e. The highest BCUT2D eigenvalue weighted by molar-refractivity contribution is 7.85. The predicted molar refractivity (Wildman–Crippen MR) is 118 cm³/mol. The van der Waals surface area contributed by atoms with E-state index < -0.39 is 16.9 Å². The van der Waals surface area contributed by atoms with Gasteiger partial charge in [0, 0.05) is 11.1 Å². The van der Waals surface area contributed by atoms with Crippen LogP contribution in [0, 0.1) is 0 Å². The van der Waals surface area contributed by atoms with Gasteiger partial charge in [0.05, 0.1) is 42.7 Å². The summed E-state index contributed by atoms with van der Waals surface area (Å²) in [5.74, 6) is 1.17. The highest BCUT2D eigenvalue weighted by Crippen LogP contribution is 2.22. The number of fused-ring (bicyclic) bond motifs is 1. The molecular formula is C23H21N3O4S. The Morgan fingerprint density at radius 2 is 1.71 bits per heavy atom. The maximum absolute atomic E-state index is 12.9. The Labute approximate surface area is 182 Å². The van der Waals surface area contributed by atoms with E-state index in [1.807, 2.05) is 54.6 Å². The molecule has 1 amide bonds. The number of amides is 1. The zero-order valence-corrected chi connectivity index (χ0v) is 17.9. The Hall–Kier alpha value is -3.65. The average molecular weight is 436 g/mol. The number of ether oxygens (including phenoxy) is 2. The van der Waals surface area contributed by atoms with E-state index in [9.17, 15) is 9.00 Å². The Morgan fingerprint density at radius 3 is 2.39 bits per heavy atom. The third-order valence-electron chi connectivity index (χ3n) is 4.75. The normalized spacial score (nSPS) is 11.8. The summed E-state index contributed by atoms with van der Waals surface area (Å²) >= 11 is 0. The molecule has 158 valence electrons. The van der Waals surface area contributed by atoms with Gasteiger partial charge in [-0.3, -0.25) is 4.90 Å². The average Bonchev–Trinajstić information content (AvgIpc) is 3.25. The number of hydrogen-bond donors (Lipinski definition) is 0. The van der Waals surface area contributed by atoms with Crippen LogP contribution >= 0.6 is 0 Å². The number of aromatic nitrogens is 2. The van der Waals surface area contributed by atoms with Gasteiger partial charge in [0.15, 0.2) is 5.82 Å². The molecule has 0 aliphatic carbocycles. The first-order chi connectivity index (χ1) is 15.1. The quantitative estimate of drug-likeness (QED) is 0.452. The van der Waals surface area contributed by atoms with Crippen molar-refractivity contribution in [2.24, 2.45) is 0 Å². The van der Waals surface area contributed by atoms with Crippen molar-refractivity contribution in [2.45, 2.75) is 16.3 Å². The van der Waals surface area contributed by atoms with Crippen molar-refractivity contribution in [1.82, 2.24) is 9.38 Å². The number of imidazole rings is 1. The first-order valence-corrected chi connectivity index (χ1v) is 10.7. The third kappa shape index (κ3) is 4.44. The molecule has 2 heterocycles. The van der Waals surface area contributed by atoms with E-state index >= 15 is 0 Å². The van der Waals surface area contributed by atoms with Gasteiger partial charge in [-0.25, -0.2) is 14.0 Å². The van der Waals surface area contributed by atoms with Crippen LogP contribution in [0.4, 0.5) is 10.6 Å². The highest BCUT2D eigenvalue weighted by Gasteiger charge is 2.20. The van der Waals surface area contributed by atoms with Gasteiger partial charge in [-0.1, -0.05) is 30.3 Å². The lowest BCUT2D eigenvalue weighted by molar-refractivity contribution is 0.178. The number of anilines is 1. The number of methoxy groups -OCH3 is 2. The molecule has 0 fully saturated rings. The first-order valence-electron chi connectivity index (χ1n) is 9.53. The maximum atomic E-state index is 12.9. The van der Waals surface area contributed by atoms with Crippen LogP contribution in [0.1, 0.15) is 5.56 Å². The van der Waals surface area contributed by atoms with Gasteiger partial charge in [0.2, 0.25) is 0 Å². The summed E-state index contributed by atoms with van der Waals surface area (Å²) in [6.45, 7) is 0.281. The number of hydrogen-bond acceptors (Lipinski definition) is 5. The molecule has 2 aromatic carbocycles. The van der Waals surface area contributed by atoms with Crippen LogP contribution in [0.3, 0.4) is 0 Å². The van der Waals surface area contributed by atoms with Crippen LogP contribution < -0.4 is 9.64 Å². The number of carbonyl (C=O) groups is 1. The first kappa shape index (κ1) is 20.6. The molecule has 0 N–H and O–H groups in total. The van der Waals surface area contributed by atoms with Crippen LogP contribution in [-0.2, 0) is 22.1 Å². The fourth-order valence-corrected chi connectivity index (χ4v) is 4.22. The van der Waals surface area contributed by atoms with Gasteiger partial charge in [-0.15, -0.1) is 0 Å². The van der Waals surface area contributed by atoms with Crippen molar-refractivity contribution < 1.29 is 18.5 Å². The van der Waals surface area contributed by atoms with E-state index in [4.69, 9.17) is 9.47 Å². The number of pyridine rings is 1. The van der Waals surface area contributed by atoms with Gasteiger partial charge in [-0.2, -0.15) is 0 Å². The number of benzene rings is 2. The summed E-state index contributed by atoms with van der Waals surface area (Å²) in [4.78, 5) is 19.8. The third-order valence-corrected chi connectivity index (χ3v) is 6.12. The zero-order chi connectivity index (χ0) is 21.8. The predicted octanol–water partition coefficient (Wildman–Crippen LogP) is 4.28. The van der Waals surface area contributed by atoms with Crippen LogP contribution in [0.2, 0.25) is 0 Å². The number of rotatable bonds is 6. The lowest BCUT2D eigenvalue weighted by atomic mass is 10.2. The molecule has 8 heteroatoms. The molecular weight excluding hydrogens is 414 g/mol. The van der Waals surface area contributed by atoms with Crippen molar-refractivity contribution in [3.8, 4) is 5.75 Å². The smallest absolute Gasteiger partial charge is 0.415 e. The Bertz CT molecular complexity index is 1220. The molecule has 0 aliphatic heterocycles. The minimum atomic E-state index is -1.32. The van der Waals surface area contributed by atoms with E-state index in [0.717, 1.165) is 16.2 Å². The molecule has 0 aliphatic rings. The summed E-state index contributed by atoms with van der Waals surface area (Å²) < 4.78 is 24.8. The fraction of sp³-hybridized carbons (Fsp3) is 0.130. The summed E-state index contributed by atoms with van der Waals surface area (Å²) in [6, 6.07) is 20.2. The summed E-state index contributed by atoms with van der Waals surface area (Å²) in [5, 5.41) is 0. The lowest BCUT2D eigenvalue weighted by Gasteiger charge is -2.18. The molecule has 1 unspecified atom stereocenters. The van der Waals surface area contributed by atoms with E-state index in [1.54, 1.807) is 36.0 Å². The topological polar surface area (TPSA) is 73.1 Å². The molecule has 2 aromatic heterocycles. The summed E-state index contributed by atoms with van der Waals surface area (Å²) in [7, 11) is 1.62. The molecule has 4 aromatic rings. The second kappa shape index (κ2) is 9.01. The van der Waals surface area contributed by atoms with E-state index in [1.165, 1.54) is 12.0 Å². The van der Waals surface area contributed by atoms with Gasteiger partial charge in [0.1, 0.15) is 11.4 Å². The minimum absolute atomic E-state index is 0.281. The van der Waals surface area contributed by atoms with E-state index in [-0.39, 0.29) is 6.54 Å². The van der Waals surface area contributed by atoms with Crippen molar-refractivity contribution >= 4 is 28.4 Å². The van der Waals surface area contributed by atoms with E-state index in [0.29, 0.717) is 16.4 Å². The standard InChI is InChI=1S/C23H21N3O4S/c1-29-18-10-8-17(9-11-18)14-26(23(27)30-2)22-16-25-15-20(12-13-21(25)24-22)31(28)19-6-4-3-5-7-19/h3-13,15-16H,14H2,1-2H3. The van der Waals surface area contributed by atoms with Gasteiger partial charge in [-0.05, 0) is 42.0 Å². The maximum Gasteiger partial charge on any atom is 0.415 e. The molecule has 0 saturated heterocycles. The number of carbonyl (C=O) groups excluding carboxylic acids is 1. The Kier molecular flexibility index (Phi) is 5.99. The van der Waals surface area contributed by atoms with Gasteiger partial charge < -0.3 is 13.9 Å². The molecule has 0 saturated carbocycles. The van der Waals surface area contributed by atoms with Crippen LogP contribution in [0.15, 0.2) is 88.9 Å². The lowest BCUT2D eigenvalue weighted by Crippen LogP contribution is -2.30. The van der Waals surface area contributed by atoms with Crippen LogP contribution in [0.25, 0.3) is 5.65 Å². The molecule has 7 nitrogen and oxygen atoms in total. The molecule has 31 heavy (non-hydrogen) atoms. The Morgan fingerprint density at radius 1 is 0.968 bits per heavy atom. The monoisotopic (exact) mass is 435 g/mol. The summed E-state index contributed by atoms with van der Waals surface area (Å²) in [6.07, 6.45) is 2.96. The van der Waals surface area contributed by atoms with Gasteiger partial charge in [0.25, 0.3) is 0 Å². The molecule has 4 rings (SSSR count). The summed E-state index contributed by atoms with van der Waals surface area (Å²) in [5.41, 5.74) is 1.53. The highest BCUT2D eigenvalue weighted by atomic mass is 32.2. The minimum Gasteiger partial charge on any atom is -0.497 e. The SMILES string of the molecule is COC(=O)N(Cc1ccc(OC)cc1)c1cn2cc(S(=O)c3ccccc3)ccc2n1. The van der Waals surface area contributed by atoms with Crippen molar-refractivity contribution in [2.75, 3.05) is 19.1 Å². The van der Waals surface area contributed by atoms with Crippen molar-refractivity contribution in [3.05, 3.63) is 84.7 Å². The molecule has 0 radical (unpaired) electrons.